The molecule has 1 aromatic heterocycles. The molecule has 2 heterocycles. The number of hydrogen-bond donors (Lipinski definition) is 2. The van der Waals surface area contributed by atoms with Crippen LogP contribution in [0.3, 0.4) is 0 Å². The molecule has 15 heavy (non-hydrogen) atoms. The lowest BCUT2D eigenvalue weighted by molar-refractivity contribution is 0.153. The molecule has 84 valence electrons. The van der Waals surface area contributed by atoms with Gasteiger partial charge in [0.15, 0.2) is 0 Å². The highest BCUT2D eigenvalue weighted by atomic mass is 32.1. The lowest BCUT2D eigenvalue weighted by atomic mass is 10.00. The average Bonchev–Trinajstić information content (AvgIpc) is 2.90. The fraction of sp³-hybridized carbons (Fsp3) is 0.636. The van der Waals surface area contributed by atoms with E-state index in [4.69, 9.17) is 4.74 Å². The lowest BCUT2D eigenvalue weighted by Gasteiger charge is -2.21. The third kappa shape index (κ3) is 3.01. The fourth-order valence-electron chi connectivity index (χ4n) is 1.90. The van der Waals surface area contributed by atoms with Crippen LogP contribution in [-0.4, -0.2) is 31.0 Å². The summed E-state index contributed by atoms with van der Waals surface area (Å²) in [5.74, 6) is 0.468. The number of ether oxygens (including phenoxy) is 1. The molecule has 3 nitrogen and oxygen atoms in total. The summed E-state index contributed by atoms with van der Waals surface area (Å²) in [6.45, 7) is 2.66. The minimum atomic E-state index is 0.176. The van der Waals surface area contributed by atoms with Crippen LogP contribution in [0.15, 0.2) is 17.5 Å². The molecule has 4 heteroatoms. The van der Waals surface area contributed by atoms with Gasteiger partial charge in [-0.2, -0.15) is 0 Å². The third-order valence-corrected chi connectivity index (χ3v) is 3.73. The van der Waals surface area contributed by atoms with Crippen LogP contribution in [0.4, 0.5) is 0 Å². The van der Waals surface area contributed by atoms with E-state index >= 15 is 0 Å². The van der Waals surface area contributed by atoms with Gasteiger partial charge in [-0.05, 0) is 17.9 Å². The van der Waals surface area contributed by atoms with Gasteiger partial charge in [-0.25, -0.2) is 0 Å². The van der Waals surface area contributed by atoms with E-state index in [1.807, 2.05) is 6.07 Å². The van der Waals surface area contributed by atoms with Gasteiger partial charge in [0.2, 0.25) is 0 Å². The molecule has 1 aromatic rings. The van der Waals surface area contributed by atoms with Crippen molar-refractivity contribution in [3.8, 4) is 0 Å². The van der Waals surface area contributed by atoms with Gasteiger partial charge in [-0.3, -0.25) is 0 Å². The van der Waals surface area contributed by atoms with Crippen molar-refractivity contribution in [3.05, 3.63) is 22.4 Å². The van der Waals surface area contributed by atoms with Crippen LogP contribution < -0.4 is 5.32 Å². The Balaban J connectivity index is 1.80. The number of aliphatic hydroxyl groups excluding tert-OH is 1. The van der Waals surface area contributed by atoms with Gasteiger partial charge in [0.25, 0.3) is 0 Å². The maximum absolute atomic E-state index is 9.30. The summed E-state index contributed by atoms with van der Waals surface area (Å²) >= 11 is 1.74. The first-order valence-electron chi connectivity index (χ1n) is 5.34. The summed E-state index contributed by atoms with van der Waals surface area (Å²) in [6, 6.07) is 4.33. The maximum Gasteiger partial charge on any atom is 0.0588 e. The van der Waals surface area contributed by atoms with E-state index in [9.17, 15) is 5.11 Å². The molecular weight excluding hydrogens is 210 g/mol. The molecule has 2 rings (SSSR count). The van der Waals surface area contributed by atoms with E-state index in [0.29, 0.717) is 5.92 Å². The molecular formula is C11H17NO2S. The number of hydrogen-bond acceptors (Lipinski definition) is 4. The number of aliphatic hydroxyl groups is 1. The second-order valence-electron chi connectivity index (χ2n) is 3.87. The number of nitrogens with one attached hydrogen (secondary N) is 1. The summed E-state index contributed by atoms with van der Waals surface area (Å²) in [5, 5.41) is 14.8. The van der Waals surface area contributed by atoms with Crippen LogP contribution in [0.5, 0.6) is 0 Å². The Morgan fingerprint density at radius 1 is 1.67 bits per heavy atom. The molecule has 1 aliphatic rings. The Morgan fingerprint density at radius 3 is 3.20 bits per heavy atom. The quantitative estimate of drug-likeness (QED) is 0.795. The first-order valence-corrected chi connectivity index (χ1v) is 6.22. The Labute approximate surface area is 94.1 Å². The largest absolute Gasteiger partial charge is 0.395 e. The lowest BCUT2D eigenvalue weighted by Crippen LogP contribution is -2.39. The highest BCUT2D eigenvalue weighted by Gasteiger charge is 2.24. The normalized spacial score (nSPS) is 23.1. The Hall–Kier alpha value is -0.420. The van der Waals surface area contributed by atoms with E-state index in [-0.39, 0.29) is 12.6 Å². The first-order chi connectivity index (χ1) is 7.40. The molecule has 0 bridgehead atoms. The number of rotatable bonds is 5. The number of thiophene rings is 1. The van der Waals surface area contributed by atoms with E-state index < -0.39 is 0 Å². The van der Waals surface area contributed by atoms with Gasteiger partial charge in [-0.1, -0.05) is 6.07 Å². The summed E-state index contributed by atoms with van der Waals surface area (Å²) in [6.07, 6.45) is 1.06. The molecule has 0 saturated carbocycles. The molecule has 2 atom stereocenters. The van der Waals surface area contributed by atoms with Gasteiger partial charge >= 0.3 is 0 Å². The summed E-state index contributed by atoms with van der Waals surface area (Å²) < 4.78 is 5.33. The zero-order chi connectivity index (χ0) is 10.5. The van der Waals surface area contributed by atoms with E-state index in [1.54, 1.807) is 11.3 Å². The van der Waals surface area contributed by atoms with Crippen molar-refractivity contribution < 1.29 is 9.84 Å². The van der Waals surface area contributed by atoms with Crippen molar-refractivity contribution in [3.63, 3.8) is 0 Å². The average molecular weight is 227 g/mol. The molecule has 1 fully saturated rings. The molecule has 0 spiro atoms. The second-order valence-corrected chi connectivity index (χ2v) is 4.91. The van der Waals surface area contributed by atoms with Gasteiger partial charge in [0.1, 0.15) is 0 Å². The molecule has 1 aliphatic heterocycles. The predicted octanol–water partition coefficient (Wildman–Crippen LogP) is 1.24. The van der Waals surface area contributed by atoms with E-state index in [2.05, 4.69) is 16.8 Å². The van der Waals surface area contributed by atoms with Crippen molar-refractivity contribution >= 4 is 11.3 Å². The Kier molecular flexibility index (Phi) is 4.14. The fourth-order valence-corrected chi connectivity index (χ4v) is 2.55. The Morgan fingerprint density at radius 2 is 2.60 bits per heavy atom. The molecule has 1 saturated heterocycles. The topological polar surface area (TPSA) is 41.5 Å². The van der Waals surface area contributed by atoms with Gasteiger partial charge < -0.3 is 15.2 Å². The van der Waals surface area contributed by atoms with Gasteiger partial charge in [-0.15, -0.1) is 11.3 Å². The SMILES string of the molecule is OCC(NCc1cccs1)C1CCOC1. The summed E-state index contributed by atoms with van der Waals surface area (Å²) in [5.41, 5.74) is 0. The van der Waals surface area contributed by atoms with Gasteiger partial charge in [0, 0.05) is 30.0 Å². The highest BCUT2D eigenvalue weighted by Crippen LogP contribution is 2.17. The highest BCUT2D eigenvalue weighted by molar-refractivity contribution is 7.09. The minimum Gasteiger partial charge on any atom is -0.395 e. The zero-order valence-corrected chi connectivity index (χ0v) is 9.50. The van der Waals surface area contributed by atoms with E-state index in [0.717, 1.165) is 26.2 Å². The monoisotopic (exact) mass is 227 g/mol. The zero-order valence-electron chi connectivity index (χ0n) is 8.69. The van der Waals surface area contributed by atoms with Crippen LogP contribution in [0.25, 0.3) is 0 Å². The summed E-state index contributed by atoms with van der Waals surface area (Å²) in [4.78, 5) is 1.31. The molecule has 0 radical (unpaired) electrons. The minimum absolute atomic E-state index is 0.176. The predicted molar refractivity (Wildman–Crippen MR) is 61.0 cm³/mol. The molecule has 2 N–H and O–H groups in total. The van der Waals surface area contributed by atoms with Crippen molar-refractivity contribution in [2.24, 2.45) is 5.92 Å². The second kappa shape index (κ2) is 5.61. The van der Waals surface area contributed by atoms with Crippen LogP contribution in [0.1, 0.15) is 11.3 Å². The molecule has 0 aliphatic carbocycles. The molecule has 0 aromatic carbocycles. The van der Waals surface area contributed by atoms with Crippen LogP contribution >= 0.6 is 11.3 Å². The van der Waals surface area contributed by atoms with Crippen molar-refractivity contribution in [1.29, 1.82) is 0 Å². The molecule has 0 amide bonds. The van der Waals surface area contributed by atoms with Crippen LogP contribution in [-0.2, 0) is 11.3 Å². The molecule has 2 unspecified atom stereocenters. The maximum atomic E-state index is 9.30. The summed E-state index contributed by atoms with van der Waals surface area (Å²) in [7, 11) is 0. The van der Waals surface area contributed by atoms with Crippen molar-refractivity contribution in [2.45, 2.75) is 19.0 Å². The Bertz CT molecular complexity index is 270. The van der Waals surface area contributed by atoms with Crippen molar-refractivity contribution in [1.82, 2.24) is 5.32 Å². The van der Waals surface area contributed by atoms with Crippen LogP contribution in [0.2, 0.25) is 0 Å². The van der Waals surface area contributed by atoms with Gasteiger partial charge in [0.05, 0.1) is 13.2 Å². The van der Waals surface area contributed by atoms with E-state index in [1.165, 1.54) is 4.88 Å². The van der Waals surface area contributed by atoms with Crippen molar-refractivity contribution in [2.75, 3.05) is 19.8 Å². The first kappa shape index (κ1) is 11.1. The van der Waals surface area contributed by atoms with Crippen LogP contribution in [0, 0.1) is 5.92 Å². The smallest absolute Gasteiger partial charge is 0.0588 e. The standard InChI is InChI=1S/C11H17NO2S/c13-7-11(9-3-4-14-8-9)12-6-10-2-1-5-15-10/h1-2,5,9,11-13H,3-4,6-8H2. The third-order valence-electron chi connectivity index (χ3n) is 2.85.